The Bertz CT molecular complexity index is 253. The summed E-state index contributed by atoms with van der Waals surface area (Å²) in [6.07, 6.45) is 3.90. The number of nitrogens with zero attached hydrogens (tertiary/aromatic N) is 2. The summed E-state index contributed by atoms with van der Waals surface area (Å²) in [5, 5.41) is 7.48. The highest BCUT2D eigenvalue weighted by atomic mass is 16.5. The van der Waals surface area contributed by atoms with Crippen molar-refractivity contribution in [2.75, 3.05) is 19.8 Å². The first-order valence-electron chi connectivity index (χ1n) is 4.16. The van der Waals surface area contributed by atoms with E-state index in [1.807, 2.05) is 24.1 Å². The van der Waals surface area contributed by atoms with Gasteiger partial charge in [0, 0.05) is 25.4 Å². The zero-order chi connectivity index (χ0) is 8.39. The second-order valence-electron chi connectivity index (χ2n) is 3.03. The second-order valence-corrected chi connectivity index (χ2v) is 3.03. The molecular weight excluding hydrogens is 154 g/mol. The minimum Gasteiger partial charge on any atom is -0.378 e. The minimum absolute atomic E-state index is 0.326. The lowest BCUT2D eigenvalue weighted by Gasteiger charge is -2.22. The Morgan fingerprint density at radius 3 is 3.25 bits per heavy atom. The molecule has 1 aliphatic rings. The normalized spacial score (nSPS) is 24.2. The molecule has 1 unspecified atom stereocenters. The highest BCUT2D eigenvalue weighted by molar-refractivity contribution is 5.10. The van der Waals surface area contributed by atoms with Crippen LogP contribution in [0.5, 0.6) is 0 Å². The number of aryl methyl sites for hydroxylation is 1. The van der Waals surface area contributed by atoms with E-state index in [4.69, 9.17) is 4.74 Å². The number of morpholine rings is 1. The zero-order valence-electron chi connectivity index (χ0n) is 7.16. The molecule has 4 nitrogen and oxygen atoms in total. The highest BCUT2D eigenvalue weighted by Crippen LogP contribution is 2.13. The predicted octanol–water partition coefficient (Wildman–Crippen LogP) is 0.0810. The minimum atomic E-state index is 0.326. The van der Waals surface area contributed by atoms with Gasteiger partial charge in [-0.25, -0.2) is 0 Å². The van der Waals surface area contributed by atoms with Gasteiger partial charge in [0.2, 0.25) is 0 Å². The van der Waals surface area contributed by atoms with Crippen molar-refractivity contribution in [1.29, 1.82) is 0 Å². The van der Waals surface area contributed by atoms with Gasteiger partial charge in [-0.15, -0.1) is 0 Å². The molecule has 0 saturated carbocycles. The van der Waals surface area contributed by atoms with Crippen molar-refractivity contribution < 1.29 is 4.74 Å². The smallest absolute Gasteiger partial charge is 0.0663 e. The molecule has 4 heteroatoms. The summed E-state index contributed by atoms with van der Waals surface area (Å²) in [6, 6.07) is 0.326. The van der Waals surface area contributed by atoms with Gasteiger partial charge in [0.15, 0.2) is 0 Å². The Morgan fingerprint density at radius 1 is 1.75 bits per heavy atom. The van der Waals surface area contributed by atoms with Crippen molar-refractivity contribution in [1.82, 2.24) is 15.1 Å². The van der Waals surface area contributed by atoms with Crippen molar-refractivity contribution in [3.05, 3.63) is 18.0 Å². The molecule has 0 bridgehead atoms. The Labute approximate surface area is 71.5 Å². The number of aromatic nitrogens is 2. The first kappa shape index (κ1) is 7.76. The fraction of sp³-hybridized carbons (Fsp3) is 0.625. The molecule has 12 heavy (non-hydrogen) atoms. The lowest BCUT2D eigenvalue weighted by atomic mass is 10.1. The molecule has 0 aromatic carbocycles. The molecule has 1 atom stereocenters. The van der Waals surface area contributed by atoms with Gasteiger partial charge in [-0.1, -0.05) is 0 Å². The highest BCUT2D eigenvalue weighted by Gasteiger charge is 2.15. The summed E-state index contributed by atoms with van der Waals surface area (Å²) in [6.45, 7) is 2.50. The maximum absolute atomic E-state index is 5.35. The fourth-order valence-electron chi connectivity index (χ4n) is 1.40. The van der Waals surface area contributed by atoms with Crippen LogP contribution in [0.1, 0.15) is 11.6 Å². The number of nitrogens with one attached hydrogen (secondary N) is 1. The van der Waals surface area contributed by atoms with Crippen molar-refractivity contribution in [2.24, 2.45) is 7.05 Å². The molecule has 2 rings (SSSR count). The molecule has 1 N–H and O–H groups in total. The average molecular weight is 167 g/mol. The van der Waals surface area contributed by atoms with E-state index in [1.165, 1.54) is 5.56 Å². The second kappa shape index (κ2) is 3.25. The molecule has 2 heterocycles. The fourth-order valence-corrected chi connectivity index (χ4v) is 1.40. The molecule has 66 valence electrons. The Balaban J connectivity index is 2.08. The molecule has 0 amide bonds. The van der Waals surface area contributed by atoms with Crippen LogP contribution in [0.2, 0.25) is 0 Å². The topological polar surface area (TPSA) is 39.1 Å². The molecule has 0 aliphatic carbocycles. The van der Waals surface area contributed by atoms with Crippen molar-refractivity contribution >= 4 is 0 Å². The standard InChI is InChI=1S/C8H13N3O/c1-11-5-7(4-10-11)8-6-12-3-2-9-8/h4-5,8-9H,2-3,6H2,1H3. The quantitative estimate of drug-likeness (QED) is 0.644. The molecule has 0 spiro atoms. The van der Waals surface area contributed by atoms with Crippen molar-refractivity contribution in [2.45, 2.75) is 6.04 Å². The summed E-state index contributed by atoms with van der Waals surface area (Å²) < 4.78 is 7.16. The summed E-state index contributed by atoms with van der Waals surface area (Å²) in [5.41, 5.74) is 1.21. The third-order valence-corrected chi connectivity index (χ3v) is 2.05. The van der Waals surface area contributed by atoms with Gasteiger partial charge < -0.3 is 10.1 Å². The summed E-state index contributed by atoms with van der Waals surface area (Å²) in [5.74, 6) is 0. The molecular formula is C8H13N3O. The Morgan fingerprint density at radius 2 is 2.67 bits per heavy atom. The van der Waals surface area contributed by atoms with E-state index in [9.17, 15) is 0 Å². The third-order valence-electron chi connectivity index (χ3n) is 2.05. The third kappa shape index (κ3) is 1.49. The zero-order valence-corrected chi connectivity index (χ0v) is 7.16. The number of hydrogen-bond donors (Lipinski definition) is 1. The van der Waals surface area contributed by atoms with E-state index in [2.05, 4.69) is 10.4 Å². The Hall–Kier alpha value is -0.870. The van der Waals surface area contributed by atoms with Gasteiger partial charge in [-0.2, -0.15) is 5.10 Å². The summed E-state index contributed by atoms with van der Waals surface area (Å²) >= 11 is 0. The van der Waals surface area contributed by atoms with E-state index >= 15 is 0 Å². The predicted molar refractivity (Wildman–Crippen MR) is 44.8 cm³/mol. The lowest BCUT2D eigenvalue weighted by molar-refractivity contribution is 0.0768. The first-order chi connectivity index (χ1) is 5.86. The van der Waals surface area contributed by atoms with Gasteiger partial charge >= 0.3 is 0 Å². The summed E-state index contributed by atoms with van der Waals surface area (Å²) in [4.78, 5) is 0. The molecule has 1 aliphatic heterocycles. The van der Waals surface area contributed by atoms with Crippen LogP contribution in [0.4, 0.5) is 0 Å². The lowest BCUT2D eigenvalue weighted by Crippen LogP contribution is -2.34. The average Bonchev–Trinajstić information content (AvgIpc) is 2.54. The SMILES string of the molecule is Cn1cc(C2COCCN2)cn1. The van der Waals surface area contributed by atoms with Crippen LogP contribution < -0.4 is 5.32 Å². The largest absolute Gasteiger partial charge is 0.378 e. The molecule has 1 aromatic heterocycles. The van der Waals surface area contributed by atoms with Crippen molar-refractivity contribution in [3.63, 3.8) is 0 Å². The van der Waals surface area contributed by atoms with E-state index < -0.39 is 0 Å². The molecule has 1 saturated heterocycles. The van der Waals surface area contributed by atoms with E-state index in [0.29, 0.717) is 6.04 Å². The Kier molecular flexibility index (Phi) is 2.10. The van der Waals surface area contributed by atoms with Crippen LogP contribution in [0.3, 0.4) is 0 Å². The van der Waals surface area contributed by atoms with Gasteiger partial charge in [0.05, 0.1) is 25.5 Å². The monoisotopic (exact) mass is 167 g/mol. The maximum atomic E-state index is 5.35. The van der Waals surface area contributed by atoms with E-state index in [1.54, 1.807) is 0 Å². The summed E-state index contributed by atoms with van der Waals surface area (Å²) in [7, 11) is 1.92. The molecule has 1 fully saturated rings. The molecule has 0 radical (unpaired) electrons. The van der Waals surface area contributed by atoms with E-state index in [-0.39, 0.29) is 0 Å². The number of hydrogen-bond acceptors (Lipinski definition) is 3. The van der Waals surface area contributed by atoms with Crippen LogP contribution >= 0.6 is 0 Å². The van der Waals surface area contributed by atoms with Gasteiger partial charge in [0.1, 0.15) is 0 Å². The van der Waals surface area contributed by atoms with Crippen LogP contribution in [-0.2, 0) is 11.8 Å². The van der Waals surface area contributed by atoms with E-state index in [0.717, 1.165) is 19.8 Å². The van der Waals surface area contributed by atoms with Gasteiger partial charge in [-0.3, -0.25) is 4.68 Å². The number of rotatable bonds is 1. The van der Waals surface area contributed by atoms with Crippen LogP contribution in [0.25, 0.3) is 0 Å². The van der Waals surface area contributed by atoms with Crippen LogP contribution in [0.15, 0.2) is 12.4 Å². The first-order valence-corrected chi connectivity index (χ1v) is 4.16. The molecule has 1 aromatic rings. The van der Waals surface area contributed by atoms with Crippen LogP contribution in [0, 0.1) is 0 Å². The number of ether oxygens (including phenoxy) is 1. The van der Waals surface area contributed by atoms with Gasteiger partial charge in [0.25, 0.3) is 0 Å². The van der Waals surface area contributed by atoms with Crippen LogP contribution in [-0.4, -0.2) is 29.5 Å². The van der Waals surface area contributed by atoms with Crippen molar-refractivity contribution in [3.8, 4) is 0 Å². The maximum Gasteiger partial charge on any atom is 0.0663 e. The van der Waals surface area contributed by atoms with Gasteiger partial charge in [-0.05, 0) is 0 Å².